The number of hydrogen-bond acceptors (Lipinski definition) is 4. The van der Waals surface area contributed by atoms with Crippen LogP contribution < -0.4 is 15.2 Å². The summed E-state index contributed by atoms with van der Waals surface area (Å²) >= 11 is 6.38. The lowest BCUT2D eigenvalue weighted by Crippen LogP contribution is -2.37. The number of halogens is 1. The van der Waals surface area contributed by atoms with Gasteiger partial charge in [-0.3, -0.25) is 9.59 Å². The van der Waals surface area contributed by atoms with Crippen LogP contribution in [0.1, 0.15) is 22.5 Å². The number of anilines is 1. The minimum absolute atomic E-state index is 0.227. The van der Waals surface area contributed by atoms with Crippen LogP contribution in [0.2, 0.25) is 5.02 Å². The van der Waals surface area contributed by atoms with Crippen LogP contribution in [-0.2, 0) is 13.5 Å². The molecule has 8 heteroatoms. The molecule has 0 unspecified atom stereocenters. The van der Waals surface area contributed by atoms with Gasteiger partial charge < -0.3 is 14.2 Å². The lowest BCUT2D eigenvalue weighted by atomic mass is 10.0. The lowest BCUT2D eigenvalue weighted by molar-refractivity contribution is 0.0980. The molecule has 3 aromatic carbocycles. The second-order valence-corrected chi connectivity index (χ2v) is 9.28. The summed E-state index contributed by atoms with van der Waals surface area (Å²) < 4.78 is 8.36. The van der Waals surface area contributed by atoms with Gasteiger partial charge in [-0.25, -0.2) is 0 Å². The first-order valence-corrected chi connectivity index (χ1v) is 12.1. The smallest absolute Gasteiger partial charge is 0.296 e. The predicted molar refractivity (Wildman–Crippen MR) is 142 cm³/mol. The molecule has 2 aromatic heterocycles. The van der Waals surface area contributed by atoms with E-state index >= 15 is 0 Å². The number of benzene rings is 3. The molecule has 0 saturated carbocycles. The number of ether oxygens (including phenoxy) is 1. The van der Waals surface area contributed by atoms with Crippen LogP contribution in [0.15, 0.2) is 71.5 Å². The number of aryl methyl sites for hydroxylation is 2. The maximum absolute atomic E-state index is 14.2. The molecule has 0 saturated heterocycles. The molecule has 0 spiro atoms. The second kappa shape index (κ2) is 8.53. The maximum Gasteiger partial charge on any atom is 0.296 e. The van der Waals surface area contributed by atoms with Crippen LogP contribution in [0.3, 0.4) is 0 Å². The summed E-state index contributed by atoms with van der Waals surface area (Å²) in [7, 11) is 3.36. The van der Waals surface area contributed by atoms with E-state index in [-0.39, 0.29) is 17.2 Å². The molecule has 0 radical (unpaired) electrons. The normalized spacial score (nSPS) is 13.2. The third-order valence-corrected chi connectivity index (χ3v) is 7.17. The number of carbonyl (C=O) groups is 1. The number of para-hydroxylation sites is 2. The maximum atomic E-state index is 14.2. The Kier molecular flexibility index (Phi) is 5.30. The fourth-order valence-corrected chi connectivity index (χ4v) is 5.42. The molecular formula is C28H23ClN4O3. The second-order valence-electron chi connectivity index (χ2n) is 8.87. The standard InChI is InChI=1S/C28H23ClN4O3/c1-31-22-12-6-4-10-19(22)24-25(27(34)32-15-7-9-17-8-3-5-11-21(17)32)30-33(28(35)26(24)31)18-13-14-23(36-2)20(29)16-18/h3-6,8,10-14,16H,7,9,15H2,1-2H3. The Balaban J connectivity index is 1.66. The van der Waals surface area contributed by atoms with Gasteiger partial charge in [-0.1, -0.05) is 48.0 Å². The van der Waals surface area contributed by atoms with Crippen molar-refractivity contribution in [3.63, 3.8) is 0 Å². The minimum Gasteiger partial charge on any atom is -0.495 e. The number of carbonyl (C=O) groups excluding carboxylic acids is 1. The van der Waals surface area contributed by atoms with Crippen molar-refractivity contribution in [3.05, 3.63) is 93.4 Å². The van der Waals surface area contributed by atoms with Gasteiger partial charge in [-0.2, -0.15) is 9.78 Å². The summed E-state index contributed by atoms with van der Waals surface area (Å²) in [6.45, 7) is 0.581. The largest absolute Gasteiger partial charge is 0.495 e. The number of amides is 1. The van der Waals surface area contributed by atoms with Crippen molar-refractivity contribution in [1.82, 2.24) is 14.3 Å². The molecule has 0 bridgehead atoms. The van der Waals surface area contributed by atoms with E-state index in [4.69, 9.17) is 16.3 Å². The van der Waals surface area contributed by atoms with Gasteiger partial charge in [0.25, 0.3) is 11.5 Å². The summed E-state index contributed by atoms with van der Waals surface area (Å²) in [6.07, 6.45) is 1.77. The van der Waals surface area contributed by atoms with Gasteiger partial charge in [-0.05, 0) is 48.7 Å². The van der Waals surface area contributed by atoms with Crippen LogP contribution in [0.25, 0.3) is 27.5 Å². The highest BCUT2D eigenvalue weighted by molar-refractivity contribution is 6.32. The molecule has 0 N–H and O–H groups in total. The predicted octanol–water partition coefficient (Wildman–Crippen LogP) is 5.13. The zero-order chi connectivity index (χ0) is 25.0. The Bertz CT molecular complexity index is 1740. The summed E-state index contributed by atoms with van der Waals surface area (Å²) in [5.41, 5.74) is 3.61. The van der Waals surface area contributed by atoms with Crippen molar-refractivity contribution in [1.29, 1.82) is 0 Å². The van der Waals surface area contributed by atoms with Crippen LogP contribution in [0.5, 0.6) is 5.75 Å². The van der Waals surface area contributed by atoms with Gasteiger partial charge >= 0.3 is 0 Å². The van der Waals surface area contributed by atoms with Crippen molar-refractivity contribution < 1.29 is 9.53 Å². The highest BCUT2D eigenvalue weighted by Crippen LogP contribution is 2.33. The third-order valence-electron chi connectivity index (χ3n) is 6.88. The molecule has 1 aliphatic rings. The average Bonchev–Trinajstić information content (AvgIpc) is 3.21. The first-order valence-electron chi connectivity index (χ1n) is 11.7. The van der Waals surface area contributed by atoms with Crippen molar-refractivity contribution in [2.75, 3.05) is 18.6 Å². The zero-order valence-corrected chi connectivity index (χ0v) is 20.6. The van der Waals surface area contributed by atoms with Crippen molar-refractivity contribution in [3.8, 4) is 11.4 Å². The fourth-order valence-electron chi connectivity index (χ4n) is 5.16. The number of nitrogens with zero attached hydrogens (tertiary/aromatic N) is 4. The number of rotatable bonds is 3. The Labute approximate surface area is 212 Å². The Morgan fingerprint density at radius 3 is 2.64 bits per heavy atom. The van der Waals surface area contributed by atoms with E-state index in [0.717, 1.165) is 35.0 Å². The fraction of sp³-hybridized carbons (Fsp3) is 0.179. The molecule has 180 valence electrons. The molecule has 6 rings (SSSR count). The first-order chi connectivity index (χ1) is 17.5. The molecule has 3 heterocycles. The zero-order valence-electron chi connectivity index (χ0n) is 19.9. The number of hydrogen-bond donors (Lipinski definition) is 0. The van der Waals surface area contributed by atoms with E-state index in [0.29, 0.717) is 33.9 Å². The quantitative estimate of drug-likeness (QED) is 0.346. The summed E-state index contributed by atoms with van der Waals surface area (Å²) in [6, 6.07) is 20.6. The molecule has 1 aliphatic heterocycles. The highest BCUT2D eigenvalue weighted by Gasteiger charge is 2.29. The van der Waals surface area contributed by atoms with E-state index in [2.05, 4.69) is 11.2 Å². The first kappa shape index (κ1) is 22.4. The third kappa shape index (κ3) is 3.31. The van der Waals surface area contributed by atoms with Gasteiger partial charge in [-0.15, -0.1) is 0 Å². The molecule has 7 nitrogen and oxygen atoms in total. The molecule has 5 aromatic rings. The van der Waals surface area contributed by atoms with Gasteiger partial charge in [0.15, 0.2) is 5.69 Å². The monoisotopic (exact) mass is 498 g/mol. The van der Waals surface area contributed by atoms with Gasteiger partial charge in [0, 0.05) is 35.6 Å². The van der Waals surface area contributed by atoms with Crippen molar-refractivity contribution in [2.45, 2.75) is 12.8 Å². The van der Waals surface area contributed by atoms with E-state index in [1.54, 1.807) is 23.1 Å². The Morgan fingerprint density at radius 2 is 1.83 bits per heavy atom. The minimum atomic E-state index is -0.333. The molecular weight excluding hydrogens is 476 g/mol. The molecule has 1 amide bonds. The lowest BCUT2D eigenvalue weighted by Gasteiger charge is -2.29. The van der Waals surface area contributed by atoms with Gasteiger partial charge in [0.05, 0.1) is 17.8 Å². The molecule has 36 heavy (non-hydrogen) atoms. The van der Waals surface area contributed by atoms with E-state index in [9.17, 15) is 9.59 Å². The number of methoxy groups -OCH3 is 1. The van der Waals surface area contributed by atoms with Crippen molar-refractivity contribution in [2.24, 2.45) is 7.05 Å². The van der Waals surface area contributed by atoms with E-state index in [1.165, 1.54) is 11.8 Å². The van der Waals surface area contributed by atoms with Crippen LogP contribution in [0, 0.1) is 0 Å². The Morgan fingerprint density at radius 1 is 1.06 bits per heavy atom. The Hall–Kier alpha value is -4.10. The van der Waals surface area contributed by atoms with Crippen LogP contribution >= 0.6 is 11.6 Å². The molecule has 0 fully saturated rings. The molecule has 0 aliphatic carbocycles. The SMILES string of the molecule is COc1ccc(-n2nc(C(=O)N3CCCc4ccccc43)c3c4ccccc4n(C)c3c2=O)cc1Cl. The number of fused-ring (bicyclic) bond motifs is 4. The van der Waals surface area contributed by atoms with Crippen LogP contribution in [-0.4, -0.2) is 33.9 Å². The van der Waals surface area contributed by atoms with Gasteiger partial charge in [0.2, 0.25) is 0 Å². The molecule has 0 atom stereocenters. The average molecular weight is 499 g/mol. The van der Waals surface area contributed by atoms with Crippen LogP contribution in [0.4, 0.5) is 5.69 Å². The summed E-state index contributed by atoms with van der Waals surface area (Å²) in [4.78, 5) is 29.8. The van der Waals surface area contributed by atoms with E-state index in [1.807, 2.05) is 54.1 Å². The number of aromatic nitrogens is 3. The van der Waals surface area contributed by atoms with Crippen molar-refractivity contribution >= 4 is 45.0 Å². The van der Waals surface area contributed by atoms with Gasteiger partial charge in [0.1, 0.15) is 11.3 Å². The summed E-state index contributed by atoms with van der Waals surface area (Å²) in [5, 5.41) is 6.40. The highest BCUT2D eigenvalue weighted by atomic mass is 35.5. The topological polar surface area (TPSA) is 69.4 Å². The summed E-state index contributed by atoms with van der Waals surface area (Å²) in [5.74, 6) is 0.247. The van der Waals surface area contributed by atoms with E-state index < -0.39 is 0 Å².